The summed E-state index contributed by atoms with van der Waals surface area (Å²) in [6.45, 7) is 1.57. The lowest BCUT2D eigenvalue weighted by molar-refractivity contribution is -0.123. The van der Waals surface area contributed by atoms with Crippen molar-refractivity contribution in [1.29, 1.82) is 0 Å². The maximum Gasteiger partial charge on any atom is 0.258 e. The minimum atomic E-state index is -0.135. The molecular weight excluding hydrogens is 378 g/mol. The molecule has 3 heterocycles. The van der Waals surface area contributed by atoms with E-state index in [2.05, 4.69) is 43.8 Å². The van der Waals surface area contributed by atoms with E-state index in [0.29, 0.717) is 12.4 Å². The summed E-state index contributed by atoms with van der Waals surface area (Å²) in [6, 6.07) is 12.0. The molecule has 0 aliphatic carbocycles. The van der Waals surface area contributed by atoms with Gasteiger partial charge in [-0.2, -0.15) is 0 Å². The molecule has 3 aromatic heterocycles. The van der Waals surface area contributed by atoms with E-state index in [1.54, 1.807) is 18.5 Å². The first-order valence-electron chi connectivity index (χ1n) is 10.1. The van der Waals surface area contributed by atoms with Crippen molar-refractivity contribution in [3.63, 3.8) is 0 Å². The van der Waals surface area contributed by atoms with E-state index in [4.69, 9.17) is 4.74 Å². The van der Waals surface area contributed by atoms with Crippen LogP contribution in [-0.4, -0.2) is 47.6 Å². The smallest absolute Gasteiger partial charge is 0.258 e. The summed E-state index contributed by atoms with van der Waals surface area (Å²) in [5, 5.41) is 8.19. The molecule has 30 heavy (non-hydrogen) atoms. The molecule has 0 atom stereocenters. The number of aromatic nitrogens is 3. The topological polar surface area (TPSA) is 91.9 Å². The summed E-state index contributed by atoms with van der Waals surface area (Å²) >= 11 is 0. The molecule has 0 bridgehead atoms. The van der Waals surface area contributed by atoms with Crippen LogP contribution in [0.15, 0.2) is 55.0 Å². The van der Waals surface area contributed by atoms with Crippen molar-refractivity contribution in [2.45, 2.75) is 12.8 Å². The summed E-state index contributed by atoms with van der Waals surface area (Å²) in [6.07, 6.45) is 7.39. The highest BCUT2D eigenvalue weighted by Gasteiger charge is 2.07. The van der Waals surface area contributed by atoms with Gasteiger partial charge >= 0.3 is 0 Å². The van der Waals surface area contributed by atoms with Crippen molar-refractivity contribution in [3.05, 3.63) is 55.0 Å². The summed E-state index contributed by atoms with van der Waals surface area (Å²) in [4.78, 5) is 23.8. The molecule has 1 amide bonds. The van der Waals surface area contributed by atoms with Crippen LogP contribution < -0.4 is 15.4 Å². The third-order valence-electron chi connectivity index (χ3n) is 5.00. The molecule has 0 saturated heterocycles. The zero-order chi connectivity index (χ0) is 20.8. The average molecular weight is 403 g/mol. The van der Waals surface area contributed by atoms with Crippen LogP contribution in [-0.2, 0) is 4.79 Å². The van der Waals surface area contributed by atoms with Crippen molar-refractivity contribution in [3.8, 4) is 17.0 Å². The number of rotatable bonds is 9. The largest absolute Gasteiger partial charge is 0.468 e. The van der Waals surface area contributed by atoms with Gasteiger partial charge in [0.05, 0.1) is 0 Å². The van der Waals surface area contributed by atoms with Crippen LogP contribution >= 0.6 is 0 Å². The van der Waals surface area contributed by atoms with Crippen LogP contribution in [0.2, 0.25) is 0 Å². The third-order valence-corrected chi connectivity index (χ3v) is 5.00. The summed E-state index contributed by atoms with van der Waals surface area (Å²) in [7, 11) is 1.92. The summed E-state index contributed by atoms with van der Waals surface area (Å²) < 4.78 is 5.50. The molecule has 7 heteroatoms. The molecule has 4 rings (SSSR count). The molecule has 0 aliphatic heterocycles. The van der Waals surface area contributed by atoms with Gasteiger partial charge in [0, 0.05) is 58.6 Å². The summed E-state index contributed by atoms with van der Waals surface area (Å²) in [5.74, 6) is 0.297. The Morgan fingerprint density at radius 2 is 1.87 bits per heavy atom. The minimum Gasteiger partial charge on any atom is -0.468 e. The van der Waals surface area contributed by atoms with E-state index in [-0.39, 0.29) is 12.5 Å². The molecular formula is C23H25N5O2. The maximum atomic E-state index is 11.8. The number of pyridine rings is 2. The van der Waals surface area contributed by atoms with Crippen LogP contribution in [0.3, 0.4) is 0 Å². The second kappa shape index (κ2) is 9.37. The number of carbonyl (C=O) groups is 1. The number of unbranched alkanes of at least 4 members (excludes halogenated alkanes) is 1. The fraction of sp³-hybridized carbons (Fsp3) is 0.261. The quantitative estimate of drug-likeness (QED) is 0.373. The number of amides is 1. The molecule has 0 fully saturated rings. The van der Waals surface area contributed by atoms with E-state index in [0.717, 1.165) is 52.3 Å². The number of fused-ring (bicyclic) bond motifs is 3. The highest BCUT2D eigenvalue weighted by molar-refractivity contribution is 6.07. The first-order valence-corrected chi connectivity index (χ1v) is 10.1. The number of H-pyrrole nitrogens is 1. The molecule has 0 spiro atoms. The van der Waals surface area contributed by atoms with E-state index < -0.39 is 0 Å². The summed E-state index contributed by atoms with van der Waals surface area (Å²) in [5.41, 5.74) is 4.16. The van der Waals surface area contributed by atoms with Gasteiger partial charge < -0.3 is 20.4 Å². The number of hydrogen-bond donors (Lipinski definition) is 3. The van der Waals surface area contributed by atoms with Crippen molar-refractivity contribution in [2.24, 2.45) is 0 Å². The van der Waals surface area contributed by atoms with Crippen molar-refractivity contribution in [2.75, 3.05) is 26.7 Å². The van der Waals surface area contributed by atoms with Gasteiger partial charge in [-0.3, -0.25) is 9.78 Å². The second-order valence-electron chi connectivity index (χ2n) is 7.14. The van der Waals surface area contributed by atoms with Crippen molar-refractivity contribution < 1.29 is 9.53 Å². The van der Waals surface area contributed by atoms with Crippen LogP contribution in [0.5, 0.6) is 5.88 Å². The molecule has 0 aliphatic rings. The van der Waals surface area contributed by atoms with Gasteiger partial charge in [-0.25, -0.2) is 4.98 Å². The monoisotopic (exact) mass is 403 g/mol. The molecule has 3 N–H and O–H groups in total. The van der Waals surface area contributed by atoms with Gasteiger partial charge in [0.1, 0.15) is 0 Å². The highest BCUT2D eigenvalue weighted by Crippen LogP contribution is 2.29. The highest BCUT2D eigenvalue weighted by atomic mass is 16.5. The van der Waals surface area contributed by atoms with Gasteiger partial charge in [0.15, 0.2) is 6.61 Å². The van der Waals surface area contributed by atoms with Gasteiger partial charge in [-0.05, 0) is 50.2 Å². The molecule has 7 nitrogen and oxygen atoms in total. The molecule has 154 valence electrons. The molecule has 1 aromatic carbocycles. The lowest BCUT2D eigenvalue weighted by atomic mass is 10.1. The van der Waals surface area contributed by atoms with Gasteiger partial charge in [-0.1, -0.05) is 12.1 Å². The second-order valence-corrected chi connectivity index (χ2v) is 7.14. The number of carbonyl (C=O) groups excluding carboxylic acids is 1. The van der Waals surface area contributed by atoms with Gasteiger partial charge in [-0.15, -0.1) is 0 Å². The number of hydrogen-bond acceptors (Lipinski definition) is 5. The predicted molar refractivity (Wildman–Crippen MR) is 118 cm³/mol. The third kappa shape index (κ3) is 4.58. The number of nitrogens with zero attached hydrogens (tertiary/aromatic N) is 2. The lowest BCUT2D eigenvalue weighted by Gasteiger charge is -2.08. The Bertz CT molecular complexity index is 1140. The standard InChI is InChI=1S/C23H25N5O2/c1-24-9-2-3-10-26-22(29)15-30-23-7-5-17(13-27-23)16-4-6-18-19-14-25-11-8-20(19)28-21(18)12-16/h4-8,11-14,24,28H,2-3,9-10,15H2,1H3,(H,26,29). The van der Waals surface area contributed by atoms with Crippen LogP contribution in [0.1, 0.15) is 12.8 Å². The zero-order valence-electron chi connectivity index (χ0n) is 16.9. The first-order chi connectivity index (χ1) is 14.7. The van der Waals surface area contributed by atoms with Crippen LogP contribution in [0, 0.1) is 0 Å². The van der Waals surface area contributed by atoms with Crippen LogP contribution in [0.25, 0.3) is 32.9 Å². The fourth-order valence-electron chi connectivity index (χ4n) is 3.41. The van der Waals surface area contributed by atoms with Gasteiger partial charge in [0.25, 0.3) is 5.91 Å². The van der Waals surface area contributed by atoms with E-state index >= 15 is 0 Å². The zero-order valence-corrected chi connectivity index (χ0v) is 16.9. The fourth-order valence-corrected chi connectivity index (χ4v) is 3.41. The van der Waals surface area contributed by atoms with E-state index in [9.17, 15) is 4.79 Å². The lowest BCUT2D eigenvalue weighted by Crippen LogP contribution is -2.30. The Morgan fingerprint density at radius 1 is 1.00 bits per heavy atom. The van der Waals surface area contributed by atoms with Crippen LogP contribution in [0.4, 0.5) is 0 Å². The molecule has 4 aromatic rings. The Balaban J connectivity index is 1.36. The molecule has 0 radical (unpaired) electrons. The van der Waals surface area contributed by atoms with Gasteiger partial charge in [0.2, 0.25) is 5.88 Å². The predicted octanol–water partition coefficient (Wildman–Crippen LogP) is 3.27. The SMILES string of the molecule is CNCCCCNC(=O)COc1ccc(-c2ccc3c(c2)[nH]c2ccncc23)cn1. The number of benzene rings is 1. The van der Waals surface area contributed by atoms with Crippen molar-refractivity contribution in [1.82, 2.24) is 25.6 Å². The first kappa shape index (κ1) is 19.8. The van der Waals surface area contributed by atoms with Crippen molar-refractivity contribution >= 4 is 27.7 Å². The Hall–Kier alpha value is -3.45. The van der Waals surface area contributed by atoms with E-state index in [1.165, 1.54) is 0 Å². The maximum absolute atomic E-state index is 11.8. The Morgan fingerprint density at radius 3 is 2.70 bits per heavy atom. The average Bonchev–Trinajstić information content (AvgIpc) is 3.16. The minimum absolute atomic E-state index is 0.0343. The molecule has 0 unspecified atom stereocenters. The number of ether oxygens (including phenoxy) is 1. The number of nitrogens with one attached hydrogen (secondary N) is 3. The Kier molecular flexibility index (Phi) is 6.20. The molecule has 0 saturated carbocycles. The Labute approximate surface area is 174 Å². The van der Waals surface area contributed by atoms with E-state index in [1.807, 2.05) is 25.4 Å². The normalized spacial score (nSPS) is 11.1. The number of aromatic amines is 1.